The molecule has 2 fully saturated rings. The molecule has 4 nitrogen and oxygen atoms in total. The normalized spacial score (nSPS) is 30.7. The summed E-state index contributed by atoms with van der Waals surface area (Å²) in [6, 6.07) is 7.69. The lowest BCUT2D eigenvalue weighted by Gasteiger charge is -2.35. The Morgan fingerprint density at radius 1 is 1.26 bits per heavy atom. The van der Waals surface area contributed by atoms with Crippen LogP contribution in [0.25, 0.3) is 0 Å². The Labute approximate surface area is 121 Å². The van der Waals surface area contributed by atoms with Crippen molar-refractivity contribution >= 4 is 27.6 Å². The quantitative estimate of drug-likeness (QED) is 0.832. The van der Waals surface area contributed by atoms with E-state index in [4.69, 9.17) is 0 Å². The maximum absolute atomic E-state index is 12.2. The molecule has 1 aromatic carbocycles. The second-order valence-corrected chi connectivity index (χ2v) is 6.53. The average Bonchev–Trinajstić information content (AvgIpc) is 2.72. The van der Waals surface area contributed by atoms with Crippen molar-refractivity contribution in [2.45, 2.75) is 38.3 Å². The number of anilines is 1. The molecule has 1 aliphatic carbocycles. The molecule has 0 atom stereocenters. The third kappa shape index (κ3) is 2.49. The highest BCUT2D eigenvalue weighted by Gasteiger charge is 2.44. The summed E-state index contributed by atoms with van der Waals surface area (Å²) in [5, 5.41) is 4.74. The van der Waals surface area contributed by atoms with Crippen molar-refractivity contribution in [3.8, 4) is 0 Å². The number of hydrazine groups is 1. The molecule has 0 aromatic heterocycles. The van der Waals surface area contributed by atoms with Gasteiger partial charge in [-0.05, 0) is 55.9 Å². The third-order valence-corrected chi connectivity index (χ3v) is 4.62. The van der Waals surface area contributed by atoms with Gasteiger partial charge in [-0.1, -0.05) is 22.9 Å². The fraction of sp³-hybridized carbons (Fsp3) is 0.500. The predicted molar refractivity (Wildman–Crippen MR) is 78.7 cm³/mol. The second-order valence-electron chi connectivity index (χ2n) is 5.62. The lowest BCUT2D eigenvalue weighted by molar-refractivity contribution is 0.193. The van der Waals surface area contributed by atoms with Crippen molar-refractivity contribution in [2.75, 3.05) is 5.01 Å². The zero-order valence-electron chi connectivity index (χ0n) is 10.9. The molecule has 1 saturated carbocycles. The summed E-state index contributed by atoms with van der Waals surface area (Å²) in [5.41, 5.74) is 4.00. The number of nitrogens with zero attached hydrogens (tertiary/aromatic N) is 1. The molecule has 1 aliphatic heterocycles. The van der Waals surface area contributed by atoms with Crippen LogP contribution in [0.3, 0.4) is 0 Å². The number of hydrogen-bond donors (Lipinski definition) is 2. The number of nitrogens with one attached hydrogen (secondary N) is 2. The van der Waals surface area contributed by atoms with E-state index in [0.29, 0.717) is 0 Å². The highest BCUT2D eigenvalue weighted by Crippen LogP contribution is 2.34. The Morgan fingerprint density at radius 3 is 2.53 bits per heavy atom. The highest BCUT2D eigenvalue weighted by atomic mass is 79.9. The molecule has 3 rings (SSSR count). The fourth-order valence-corrected chi connectivity index (χ4v) is 3.08. The first-order valence-electron chi connectivity index (χ1n) is 6.74. The van der Waals surface area contributed by atoms with E-state index in [0.717, 1.165) is 41.8 Å². The van der Waals surface area contributed by atoms with E-state index in [1.54, 1.807) is 5.01 Å². The summed E-state index contributed by atoms with van der Waals surface area (Å²) in [6.45, 7) is 2.27. The van der Waals surface area contributed by atoms with Gasteiger partial charge in [0.15, 0.2) is 0 Å². The van der Waals surface area contributed by atoms with Gasteiger partial charge in [-0.3, -0.25) is 0 Å². The second kappa shape index (κ2) is 4.80. The Bertz CT molecular complexity index is 480. The lowest BCUT2D eigenvalue weighted by Crippen LogP contribution is -2.53. The van der Waals surface area contributed by atoms with Gasteiger partial charge in [-0.2, -0.15) is 0 Å². The standard InChI is InChI=1S/C14H18BrN3O/c1-10-6-8-14(9-7-10)16-13(19)18(17-14)12-4-2-11(15)3-5-12/h2-5,10,17H,6-9H2,1H3,(H,16,19). The molecule has 1 heterocycles. The smallest absolute Gasteiger partial charge is 0.317 e. The highest BCUT2D eigenvalue weighted by molar-refractivity contribution is 9.10. The first-order valence-corrected chi connectivity index (χ1v) is 7.53. The van der Waals surface area contributed by atoms with E-state index in [-0.39, 0.29) is 11.7 Å². The number of halogens is 1. The number of amides is 2. The summed E-state index contributed by atoms with van der Waals surface area (Å²) >= 11 is 3.41. The van der Waals surface area contributed by atoms with E-state index >= 15 is 0 Å². The average molecular weight is 324 g/mol. The van der Waals surface area contributed by atoms with Crippen molar-refractivity contribution in [3.63, 3.8) is 0 Å². The maximum atomic E-state index is 12.2. The van der Waals surface area contributed by atoms with Crippen LogP contribution in [0.5, 0.6) is 0 Å². The lowest BCUT2D eigenvalue weighted by atomic mass is 9.83. The minimum absolute atomic E-state index is 0.0584. The molecule has 1 spiro atoms. The summed E-state index contributed by atoms with van der Waals surface area (Å²) in [7, 11) is 0. The van der Waals surface area contributed by atoms with Crippen LogP contribution in [0, 0.1) is 5.92 Å². The minimum atomic E-state index is -0.239. The van der Waals surface area contributed by atoms with Gasteiger partial charge in [-0.15, -0.1) is 0 Å². The molecule has 2 N–H and O–H groups in total. The van der Waals surface area contributed by atoms with Gasteiger partial charge in [-0.25, -0.2) is 15.2 Å². The van der Waals surface area contributed by atoms with Crippen LogP contribution in [0.1, 0.15) is 32.6 Å². The van der Waals surface area contributed by atoms with Crippen LogP contribution >= 0.6 is 15.9 Å². The van der Waals surface area contributed by atoms with Crippen molar-refractivity contribution in [3.05, 3.63) is 28.7 Å². The Balaban J connectivity index is 1.78. The number of carbonyl (C=O) groups excluding carboxylic acids is 1. The monoisotopic (exact) mass is 323 g/mol. The Morgan fingerprint density at radius 2 is 1.89 bits per heavy atom. The molecule has 2 amide bonds. The first kappa shape index (κ1) is 12.9. The summed E-state index contributed by atoms with van der Waals surface area (Å²) in [6.07, 6.45) is 4.29. The summed E-state index contributed by atoms with van der Waals surface area (Å²) < 4.78 is 1.01. The Kier molecular flexibility index (Phi) is 3.27. The van der Waals surface area contributed by atoms with E-state index in [1.807, 2.05) is 24.3 Å². The van der Waals surface area contributed by atoms with Gasteiger partial charge in [0.1, 0.15) is 5.66 Å². The zero-order valence-corrected chi connectivity index (χ0v) is 12.5. The van der Waals surface area contributed by atoms with Gasteiger partial charge in [0.25, 0.3) is 0 Å². The van der Waals surface area contributed by atoms with Crippen LogP contribution in [0.2, 0.25) is 0 Å². The molecule has 2 aliphatic rings. The van der Waals surface area contributed by atoms with E-state index in [2.05, 4.69) is 33.6 Å². The summed E-state index contributed by atoms with van der Waals surface area (Å²) in [5.74, 6) is 0.756. The molecule has 5 heteroatoms. The van der Waals surface area contributed by atoms with E-state index in [9.17, 15) is 4.79 Å². The number of rotatable bonds is 1. The third-order valence-electron chi connectivity index (χ3n) is 4.09. The van der Waals surface area contributed by atoms with Crippen molar-refractivity contribution in [2.24, 2.45) is 5.92 Å². The number of benzene rings is 1. The minimum Gasteiger partial charge on any atom is -0.317 e. The predicted octanol–water partition coefficient (Wildman–Crippen LogP) is 3.39. The van der Waals surface area contributed by atoms with Crippen molar-refractivity contribution in [1.82, 2.24) is 10.7 Å². The molecular formula is C14H18BrN3O. The van der Waals surface area contributed by atoms with Gasteiger partial charge < -0.3 is 5.32 Å². The van der Waals surface area contributed by atoms with E-state index in [1.165, 1.54) is 0 Å². The van der Waals surface area contributed by atoms with Gasteiger partial charge >= 0.3 is 6.03 Å². The number of carbonyl (C=O) groups is 1. The number of hydrogen-bond acceptors (Lipinski definition) is 2. The zero-order chi connectivity index (χ0) is 13.5. The number of urea groups is 1. The van der Waals surface area contributed by atoms with Gasteiger partial charge in [0, 0.05) is 4.47 Å². The van der Waals surface area contributed by atoms with Crippen LogP contribution in [-0.4, -0.2) is 11.7 Å². The Hall–Kier alpha value is -1.07. The first-order chi connectivity index (χ1) is 9.08. The van der Waals surface area contributed by atoms with Gasteiger partial charge in [0.2, 0.25) is 0 Å². The van der Waals surface area contributed by atoms with Crippen LogP contribution in [0.4, 0.5) is 10.5 Å². The largest absolute Gasteiger partial charge is 0.338 e. The van der Waals surface area contributed by atoms with Crippen LogP contribution < -0.4 is 15.8 Å². The SMILES string of the molecule is CC1CCC2(CC1)NC(=O)N(c1ccc(Br)cc1)N2. The topological polar surface area (TPSA) is 44.4 Å². The fourth-order valence-electron chi connectivity index (χ4n) is 2.82. The molecule has 19 heavy (non-hydrogen) atoms. The molecule has 1 saturated heterocycles. The molecule has 0 bridgehead atoms. The molecule has 102 valence electrons. The van der Waals surface area contributed by atoms with Crippen LogP contribution in [-0.2, 0) is 0 Å². The molecular weight excluding hydrogens is 306 g/mol. The molecule has 0 unspecified atom stereocenters. The van der Waals surface area contributed by atoms with Crippen molar-refractivity contribution < 1.29 is 4.79 Å². The van der Waals surface area contributed by atoms with Gasteiger partial charge in [0.05, 0.1) is 5.69 Å². The molecule has 0 radical (unpaired) electrons. The van der Waals surface area contributed by atoms with Crippen molar-refractivity contribution in [1.29, 1.82) is 0 Å². The van der Waals surface area contributed by atoms with E-state index < -0.39 is 0 Å². The van der Waals surface area contributed by atoms with Crippen LogP contribution in [0.15, 0.2) is 28.7 Å². The molecule has 1 aromatic rings. The maximum Gasteiger partial charge on any atom is 0.338 e. The summed E-state index contributed by atoms with van der Waals surface area (Å²) in [4.78, 5) is 12.2.